The van der Waals surface area contributed by atoms with Crippen LogP contribution in [0.15, 0.2) is 22.8 Å². The van der Waals surface area contributed by atoms with E-state index in [-0.39, 0.29) is 6.42 Å². The fourth-order valence-electron chi connectivity index (χ4n) is 1.46. The van der Waals surface area contributed by atoms with Gasteiger partial charge in [0, 0.05) is 9.50 Å². The first-order valence-electron chi connectivity index (χ1n) is 5.06. The highest BCUT2D eigenvalue weighted by atomic mass is 79.9. The molecule has 0 fully saturated rings. The van der Waals surface area contributed by atoms with Crippen LogP contribution in [0.2, 0.25) is 5.02 Å². The molecule has 1 aromatic carbocycles. The maximum atomic E-state index is 10.6. The van der Waals surface area contributed by atoms with Gasteiger partial charge in [-0.05, 0) is 40.5 Å². The van der Waals surface area contributed by atoms with Crippen molar-refractivity contribution in [3.63, 3.8) is 0 Å². The summed E-state index contributed by atoms with van der Waals surface area (Å²) in [4.78, 5) is 10.6. The van der Waals surface area contributed by atoms with Crippen LogP contribution in [0.1, 0.15) is 11.3 Å². The summed E-state index contributed by atoms with van der Waals surface area (Å²) in [6.45, 7) is 1.90. The Morgan fingerprint density at radius 2 is 2.28 bits per heavy atom. The maximum absolute atomic E-state index is 10.6. The Balaban J connectivity index is 2.40. The third kappa shape index (κ3) is 2.70. The molecule has 0 aliphatic carbocycles. The minimum absolute atomic E-state index is 0.156. The fourth-order valence-corrected chi connectivity index (χ4v) is 2.26. The number of aliphatic carboxylic acids is 1. The number of rotatable bonds is 3. The van der Waals surface area contributed by atoms with E-state index in [4.69, 9.17) is 16.7 Å². The first-order chi connectivity index (χ1) is 8.47. The number of aromatic nitrogens is 3. The largest absolute Gasteiger partial charge is 0.481 e. The zero-order valence-electron chi connectivity index (χ0n) is 9.39. The van der Waals surface area contributed by atoms with Crippen LogP contribution >= 0.6 is 27.5 Å². The molecule has 0 bridgehead atoms. The third-order valence-corrected chi connectivity index (χ3v) is 3.39. The van der Waals surface area contributed by atoms with Crippen LogP contribution in [0.25, 0.3) is 5.69 Å². The van der Waals surface area contributed by atoms with E-state index in [1.165, 1.54) is 4.68 Å². The van der Waals surface area contributed by atoms with E-state index >= 15 is 0 Å². The highest BCUT2D eigenvalue weighted by molar-refractivity contribution is 9.10. The predicted octanol–water partition coefficient (Wildman–Crippen LogP) is 2.62. The van der Waals surface area contributed by atoms with Crippen molar-refractivity contribution in [2.24, 2.45) is 0 Å². The van der Waals surface area contributed by atoms with E-state index in [0.717, 1.165) is 15.7 Å². The number of carboxylic acids is 1. The molecule has 0 spiro atoms. The summed E-state index contributed by atoms with van der Waals surface area (Å²) in [5.74, 6) is -0.942. The number of hydrogen-bond acceptors (Lipinski definition) is 3. The lowest BCUT2D eigenvalue weighted by atomic mass is 10.2. The van der Waals surface area contributed by atoms with Crippen LogP contribution in [0.3, 0.4) is 0 Å². The fraction of sp³-hybridized carbons (Fsp3) is 0.182. The van der Waals surface area contributed by atoms with Crippen LogP contribution in [0.4, 0.5) is 0 Å². The molecular formula is C11H9BrClN3O2. The Morgan fingerprint density at radius 1 is 1.56 bits per heavy atom. The lowest BCUT2D eigenvalue weighted by Gasteiger charge is -2.06. The Labute approximate surface area is 117 Å². The van der Waals surface area contributed by atoms with Gasteiger partial charge in [0.2, 0.25) is 0 Å². The number of halogens is 2. The van der Waals surface area contributed by atoms with E-state index in [1.807, 2.05) is 13.0 Å². The number of nitrogens with zero attached hydrogens (tertiary/aromatic N) is 3. The third-order valence-electron chi connectivity index (χ3n) is 2.35. The minimum Gasteiger partial charge on any atom is -0.481 e. The van der Waals surface area contributed by atoms with Crippen molar-refractivity contribution < 1.29 is 9.90 Å². The summed E-state index contributed by atoms with van der Waals surface area (Å²) in [5.41, 5.74) is 2.05. The summed E-state index contributed by atoms with van der Waals surface area (Å²) >= 11 is 9.46. The molecule has 94 valence electrons. The monoisotopic (exact) mass is 329 g/mol. The first-order valence-corrected chi connectivity index (χ1v) is 6.23. The molecule has 2 rings (SSSR count). The summed E-state index contributed by atoms with van der Waals surface area (Å²) in [5, 5.41) is 17.0. The molecule has 0 saturated carbocycles. The number of aryl methyl sites for hydroxylation is 1. The van der Waals surface area contributed by atoms with Crippen molar-refractivity contribution in [3.05, 3.63) is 39.1 Å². The van der Waals surface area contributed by atoms with Crippen molar-refractivity contribution in [1.82, 2.24) is 15.0 Å². The van der Waals surface area contributed by atoms with Crippen molar-refractivity contribution in [2.75, 3.05) is 0 Å². The molecule has 7 heteroatoms. The predicted molar refractivity (Wildman–Crippen MR) is 70.1 cm³/mol. The van der Waals surface area contributed by atoms with E-state index in [1.54, 1.807) is 12.3 Å². The Hall–Kier alpha value is -1.40. The van der Waals surface area contributed by atoms with Gasteiger partial charge in [0.05, 0.1) is 24.0 Å². The van der Waals surface area contributed by atoms with Crippen molar-refractivity contribution >= 4 is 33.5 Å². The first kappa shape index (κ1) is 13.0. The molecule has 0 radical (unpaired) electrons. The second kappa shape index (κ2) is 5.07. The summed E-state index contributed by atoms with van der Waals surface area (Å²) in [6, 6.07) is 3.62. The molecule has 0 unspecified atom stereocenters. The van der Waals surface area contributed by atoms with Gasteiger partial charge >= 0.3 is 5.97 Å². The molecule has 0 atom stereocenters. The van der Waals surface area contributed by atoms with Gasteiger partial charge in [-0.1, -0.05) is 16.8 Å². The van der Waals surface area contributed by atoms with Gasteiger partial charge in [-0.25, -0.2) is 4.68 Å². The molecular weight excluding hydrogens is 321 g/mol. The highest BCUT2D eigenvalue weighted by Crippen LogP contribution is 2.27. The topological polar surface area (TPSA) is 68.0 Å². The molecule has 0 aliphatic rings. The molecule has 0 saturated heterocycles. The average molecular weight is 331 g/mol. The van der Waals surface area contributed by atoms with E-state index in [9.17, 15) is 4.79 Å². The number of carbonyl (C=O) groups is 1. The van der Waals surface area contributed by atoms with Crippen molar-refractivity contribution in [1.29, 1.82) is 0 Å². The zero-order valence-corrected chi connectivity index (χ0v) is 11.7. The second-order valence-corrected chi connectivity index (χ2v) is 5.04. The van der Waals surface area contributed by atoms with E-state index in [2.05, 4.69) is 26.2 Å². The second-order valence-electron chi connectivity index (χ2n) is 3.78. The lowest BCUT2D eigenvalue weighted by molar-refractivity contribution is -0.136. The number of carboxylic acid groups (broad SMARTS) is 1. The number of benzene rings is 1. The van der Waals surface area contributed by atoms with Crippen LogP contribution in [0, 0.1) is 6.92 Å². The quantitative estimate of drug-likeness (QED) is 0.939. The van der Waals surface area contributed by atoms with E-state index in [0.29, 0.717) is 10.7 Å². The zero-order chi connectivity index (χ0) is 13.3. The lowest BCUT2D eigenvalue weighted by Crippen LogP contribution is -2.00. The Kier molecular flexibility index (Phi) is 3.68. The van der Waals surface area contributed by atoms with Crippen LogP contribution in [-0.4, -0.2) is 26.1 Å². The van der Waals surface area contributed by atoms with Crippen LogP contribution < -0.4 is 0 Å². The van der Waals surface area contributed by atoms with Gasteiger partial charge in [0.15, 0.2) is 0 Å². The van der Waals surface area contributed by atoms with Crippen molar-refractivity contribution in [2.45, 2.75) is 13.3 Å². The summed E-state index contributed by atoms with van der Waals surface area (Å²) in [7, 11) is 0. The maximum Gasteiger partial charge on any atom is 0.309 e. The molecule has 1 N–H and O–H groups in total. The van der Waals surface area contributed by atoms with Crippen molar-refractivity contribution in [3.8, 4) is 5.69 Å². The molecule has 5 nitrogen and oxygen atoms in total. The number of hydrogen-bond donors (Lipinski definition) is 1. The molecule has 0 aliphatic heterocycles. The smallest absolute Gasteiger partial charge is 0.309 e. The molecule has 2 aromatic rings. The normalized spacial score (nSPS) is 10.6. The van der Waals surface area contributed by atoms with Gasteiger partial charge in [-0.15, -0.1) is 5.10 Å². The molecule has 1 heterocycles. The van der Waals surface area contributed by atoms with E-state index < -0.39 is 5.97 Å². The van der Waals surface area contributed by atoms with Crippen LogP contribution in [-0.2, 0) is 11.2 Å². The molecule has 18 heavy (non-hydrogen) atoms. The van der Waals surface area contributed by atoms with Gasteiger partial charge in [0.1, 0.15) is 0 Å². The molecule has 0 amide bonds. The standard InChI is InChI=1S/C11H9BrClN3O2/c1-6-2-8(12)10(4-9(6)13)16-5-7(14-15-16)3-11(17)18/h2,4-5H,3H2,1H3,(H,17,18). The summed E-state index contributed by atoms with van der Waals surface area (Å²) < 4.78 is 2.31. The highest BCUT2D eigenvalue weighted by Gasteiger charge is 2.10. The van der Waals surface area contributed by atoms with Crippen LogP contribution in [0.5, 0.6) is 0 Å². The van der Waals surface area contributed by atoms with Gasteiger partial charge in [-0.3, -0.25) is 4.79 Å². The molecule has 1 aromatic heterocycles. The Morgan fingerprint density at radius 3 is 2.94 bits per heavy atom. The van der Waals surface area contributed by atoms with Gasteiger partial charge in [0.25, 0.3) is 0 Å². The van der Waals surface area contributed by atoms with Gasteiger partial charge < -0.3 is 5.11 Å². The minimum atomic E-state index is -0.942. The Bertz CT molecular complexity index is 612. The summed E-state index contributed by atoms with van der Waals surface area (Å²) in [6.07, 6.45) is 1.41. The average Bonchev–Trinajstić information content (AvgIpc) is 2.70. The SMILES string of the molecule is Cc1cc(Br)c(-n2cc(CC(=O)O)nn2)cc1Cl. The van der Waals surface area contributed by atoms with Gasteiger partial charge in [-0.2, -0.15) is 0 Å².